The zero-order valence-electron chi connectivity index (χ0n) is 16.4. The molecule has 0 N–H and O–H groups in total. The van der Waals surface area contributed by atoms with E-state index in [9.17, 15) is 9.59 Å². The summed E-state index contributed by atoms with van der Waals surface area (Å²) >= 11 is 0. The third-order valence-corrected chi connectivity index (χ3v) is 6.01. The Labute approximate surface area is 167 Å². The van der Waals surface area contributed by atoms with Crippen molar-refractivity contribution in [3.05, 3.63) is 52.2 Å². The fraction of sp³-hybridized carbons (Fsp3) is 0.429. The first kappa shape index (κ1) is 17.9. The highest BCUT2D eigenvalue weighted by molar-refractivity contribution is 5.94. The van der Waals surface area contributed by atoms with Crippen LogP contribution in [0.5, 0.6) is 5.75 Å². The average molecular weight is 393 g/mol. The second-order valence-corrected chi connectivity index (χ2v) is 7.70. The Kier molecular flexibility index (Phi) is 4.34. The van der Waals surface area contributed by atoms with Crippen LogP contribution in [0.4, 0.5) is 0 Å². The van der Waals surface area contributed by atoms with Gasteiger partial charge in [0, 0.05) is 18.7 Å². The van der Waals surface area contributed by atoms with Crippen LogP contribution in [0, 0.1) is 0 Å². The zero-order chi connectivity index (χ0) is 20.0. The van der Waals surface area contributed by atoms with Gasteiger partial charge in [0.1, 0.15) is 17.0 Å². The molecular formula is C21H23N5O3. The van der Waals surface area contributed by atoms with E-state index in [0.29, 0.717) is 53.8 Å². The summed E-state index contributed by atoms with van der Waals surface area (Å²) in [6, 6.07) is 7.38. The van der Waals surface area contributed by atoms with Gasteiger partial charge in [-0.2, -0.15) is 5.10 Å². The molecule has 5 rings (SSSR count). The van der Waals surface area contributed by atoms with Gasteiger partial charge in [0.15, 0.2) is 5.65 Å². The number of nitrogens with zero attached hydrogens (tertiary/aromatic N) is 5. The smallest absolute Gasteiger partial charge is 0.264 e. The molecule has 0 spiro atoms. The molecule has 3 aromatic rings. The minimum atomic E-state index is -0.0717. The molecule has 2 aromatic heterocycles. The summed E-state index contributed by atoms with van der Waals surface area (Å²) in [6.45, 7) is 1.22. The fourth-order valence-corrected chi connectivity index (χ4v) is 4.39. The summed E-state index contributed by atoms with van der Waals surface area (Å²) in [4.78, 5) is 32.4. The number of hydrogen-bond acceptors (Lipinski definition) is 5. The molecule has 0 atom stereocenters. The average Bonchev–Trinajstić information content (AvgIpc) is 3.43. The van der Waals surface area contributed by atoms with E-state index in [4.69, 9.17) is 9.72 Å². The molecule has 29 heavy (non-hydrogen) atoms. The van der Waals surface area contributed by atoms with E-state index in [0.717, 1.165) is 12.8 Å². The van der Waals surface area contributed by atoms with Crippen LogP contribution in [0.25, 0.3) is 11.0 Å². The van der Waals surface area contributed by atoms with Crippen LogP contribution in [0.2, 0.25) is 0 Å². The first-order chi connectivity index (χ1) is 14.2. The van der Waals surface area contributed by atoms with Crippen molar-refractivity contribution in [2.45, 2.75) is 44.8 Å². The fourth-order valence-electron chi connectivity index (χ4n) is 4.39. The van der Waals surface area contributed by atoms with Crippen molar-refractivity contribution in [2.24, 2.45) is 0 Å². The standard InChI is InChI=1S/C21H23N5O3/c1-29-16-8-6-14(7-9-16)20(27)24-10-11-25-18(13-24)23-19-17(21(25)28)12-22-26(19)15-4-2-3-5-15/h6-9,12,15H,2-5,10-11,13H2,1H3. The third kappa shape index (κ3) is 2.99. The largest absolute Gasteiger partial charge is 0.497 e. The van der Waals surface area contributed by atoms with Crippen molar-refractivity contribution in [3.8, 4) is 5.75 Å². The maximum atomic E-state index is 13.0. The van der Waals surface area contributed by atoms with Crippen LogP contribution < -0.4 is 10.3 Å². The number of aromatic nitrogens is 4. The Balaban J connectivity index is 1.47. The minimum Gasteiger partial charge on any atom is -0.497 e. The van der Waals surface area contributed by atoms with Gasteiger partial charge in [-0.1, -0.05) is 12.8 Å². The SMILES string of the molecule is COc1ccc(C(=O)N2CCn3c(nc4c(cnn4C4CCCC4)c3=O)C2)cc1. The molecular weight excluding hydrogens is 370 g/mol. The second-order valence-electron chi connectivity index (χ2n) is 7.70. The molecule has 3 heterocycles. The van der Waals surface area contributed by atoms with Gasteiger partial charge in [0.05, 0.1) is 25.9 Å². The first-order valence-corrected chi connectivity index (χ1v) is 10.1. The summed E-state index contributed by atoms with van der Waals surface area (Å²) < 4.78 is 8.75. The summed E-state index contributed by atoms with van der Waals surface area (Å²) in [5.74, 6) is 1.26. The van der Waals surface area contributed by atoms with E-state index in [2.05, 4.69) is 5.10 Å². The molecule has 1 fully saturated rings. The maximum absolute atomic E-state index is 13.0. The first-order valence-electron chi connectivity index (χ1n) is 10.1. The van der Waals surface area contributed by atoms with E-state index < -0.39 is 0 Å². The van der Waals surface area contributed by atoms with Crippen molar-refractivity contribution in [1.29, 1.82) is 0 Å². The number of hydrogen-bond donors (Lipinski definition) is 0. The Bertz CT molecular complexity index is 1130. The normalized spacial score (nSPS) is 16.9. The van der Waals surface area contributed by atoms with Gasteiger partial charge in [0.2, 0.25) is 0 Å². The highest BCUT2D eigenvalue weighted by atomic mass is 16.5. The second kappa shape index (κ2) is 7.02. The maximum Gasteiger partial charge on any atom is 0.264 e. The molecule has 1 amide bonds. The van der Waals surface area contributed by atoms with E-state index in [-0.39, 0.29) is 11.5 Å². The molecule has 2 aliphatic rings. The van der Waals surface area contributed by atoms with Gasteiger partial charge in [-0.25, -0.2) is 9.67 Å². The lowest BCUT2D eigenvalue weighted by atomic mass is 10.1. The van der Waals surface area contributed by atoms with Crippen molar-refractivity contribution in [2.75, 3.05) is 13.7 Å². The van der Waals surface area contributed by atoms with Gasteiger partial charge in [-0.3, -0.25) is 14.2 Å². The minimum absolute atomic E-state index is 0.0641. The highest BCUT2D eigenvalue weighted by Crippen LogP contribution is 2.30. The van der Waals surface area contributed by atoms with E-state index >= 15 is 0 Å². The molecule has 1 aliphatic carbocycles. The Morgan fingerprint density at radius 3 is 2.62 bits per heavy atom. The topological polar surface area (TPSA) is 82.2 Å². The van der Waals surface area contributed by atoms with Crippen molar-refractivity contribution >= 4 is 16.9 Å². The summed E-state index contributed by atoms with van der Waals surface area (Å²) in [7, 11) is 1.60. The molecule has 8 nitrogen and oxygen atoms in total. The van der Waals surface area contributed by atoms with Gasteiger partial charge in [-0.15, -0.1) is 0 Å². The Hall–Kier alpha value is -3.16. The zero-order valence-corrected chi connectivity index (χ0v) is 16.4. The van der Waals surface area contributed by atoms with Crippen molar-refractivity contribution in [1.82, 2.24) is 24.2 Å². The van der Waals surface area contributed by atoms with Gasteiger partial charge in [-0.05, 0) is 37.1 Å². The van der Waals surface area contributed by atoms with Gasteiger partial charge >= 0.3 is 0 Å². The van der Waals surface area contributed by atoms with Crippen LogP contribution in [-0.2, 0) is 13.1 Å². The van der Waals surface area contributed by atoms with E-state index in [1.54, 1.807) is 47.0 Å². The van der Waals surface area contributed by atoms with Gasteiger partial charge < -0.3 is 9.64 Å². The monoisotopic (exact) mass is 393 g/mol. The Morgan fingerprint density at radius 1 is 1.14 bits per heavy atom. The molecule has 1 aliphatic heterocycles. The number of carbonyl (C=O) groups is 1. The molecule has 150 valence electrons. The van der Waals surface area contributed by atoms with Crippen LogP contribution in [0.1, 0.15) is 47.9 Å². The molecule has 0 radical (unpaired) electrons. The lowest BCUT2D eigenvalue weighted by Gasteiger charge is -2.29. The van der Waals surface area contributed by atoms with Crippen LogP contribution in [-0.4, -0.2) is 43.8 Å². The lowest BCUT2D eigenvalue weighted by molar-refractivity contribution is 0.0704. The van der Waals surface area contributed by atoms with Crippen LogP contribution in [0.15, 0.2) is 35.3 Å². The van der Waals surface area contributed by atoms with Crippen molar-refractivity contribution < 1.29 is 9.53 Å². The van der Waals surface area contributed by atoms with Crippen LogP contribution >= 0.6 is 0 Å². The van der Waals surface area contributed by atoms with E-state index in [1.807, 2.05) is 4.68 Å². The van der Waals surface area contributed by atoms with Crippen molar-refractivity contribution in [3.63, 3.8) is 0 Å². The lowest BCUT2D eigenvalue weighted by Crippen LogP contribution is -2.43. The number of carbonyl (C=O) groups excluding carboxylic acids is 1. The predicted molar refractivity (Wildman–Crippen MR) is 107 cm³/mol. The van der Waals surface area contributed by atoms with Crippen LogP contribution in [0.3, 0.4) is 0 Å². The quantitative estimate of drug-likeness (QED) is 0.682. The summed E-state index contributed by atoms with van der Waals surface area (Å²) in [5, 5.41) is 5.04. The van der Waals surface area contributed by atoms with Gasteiger partial charge in [0.25, 0.3) is 11.5 Å². The molecule has 0 saturated heterocycles. The molecule has 0 unspecified atom stereocenters. The number of amides is 1. The number of methoxy groups -OCH3 is 1. The predicted octanol–water partition coefficient (Wildman–Crippen LogP) is 2.37. The molecule has 8 heteroatoms. The number of benzene rings is 1. The molecule has 1 saturated carbocycles. The summed E-state index contributed by atoms with van der Waals surface area (Å²) in [5.41, 5.74) is 1.18. The number of fused-ring (bicyclic) bond motifs is 2. The number of ether oxygens (including phenoxy) is 1. The third-order valence-electron chi connectivity index (χ3n) is 6.01. The summed E-state index contributed by atoms with van der Waals surface area (Å²) in [6.07, 6.45) is 6.14. The number of rotatable bonds is 3. The molecule has 1 aromatic carbocycles. The van der Waals surface area contributed by atoms with E-state index in [1.165, 1.54) is 12.8 Å². The Morgan fingerprint density at radius 2 is 1.90 bits per heavy atom. The molecule has 0 bridgehead atoms. The highest BCUT2D eigenvalue weighted by Gasteiger charge is 2.27.